The molecule has 0 atom stereocenters. The van der Waals surface area contributed by atoms with E-state index < -0.39 is 29.2 Å². The Bertz CT molecular complexity index is 1160. The molecule has 0 heterocycles. The van der Waals surface area contributed by atoms with Gasteiger partial charge in [-0.2, -0.15) is 13.2 Å². The summed E-state index contributed by atoms with van der Waals surface area (Å²) >= 11 is 0. The third-order valence-electron chi connectivity index (χ3n) is 7.65. The van der Waals surface area contributed by atoms with Crippen LogP contribution in [0.15, 0.2) is 42.5 Å². The lowest BCUT2D eigenvalue weighted by Crippen LogP contribution is -2.13. The summed E-state index contributed by atoms with van der Waals surface area (Å²) in [4.78, 5) is 0. The fourth-order valence-electron chi connectivity index (χ4n) is 5.61. The summed E-state index contributed by atoms with van der Waals surface area (Å²) in [5.74, 6) is -3.02. The maximum Gasteiger partial charge on any atom is 0.422 e. The first-order valence-corrected chi connectivity index (χ1v) is 13.0. The van der Waals surface area contributed by atoms with Crippen molar-refractivity contribution in [1.82, 2.24) is 0 Å². The van der Waals surface area contributed by atoms with Crippen LogP contribution in [0.4, 0.5) is 26.3 Å². The maximum atomic E-state index is 15.3. The molecule has 1 aliphatic carbocycles. The molecule has 6 heteroatoms. The second-order valence-corrected chi connectivity index (χ2v) is 10.1. The molecule has 0 spiro atoms. The van der Waals surface area contributed by atoms with Crippen molar-refractivity contribution in [1.29, 1.82) is 0 Å². The van der Waals surface area contributed by atoms with Crippen LogP contribution >= 0.6 is 0 Å². The van der Waals surface area contributed by atoms with Crippen LogP contribution in [-0.4, -0.2) is 0 Å². The number of benzene rings is 3. The molecule has 0 nitrogen and oxygen atoms in total. The minimum atomic E-state index is -5.17. The number of rotatable bonds is 8. The lowest BCUT2D eigenvalue weighted by molar-refractivity contribution is -0.142. The molecule has 36 heavy (non-hydrogen) atoms. The van der Waals surface area contributed by atoms with E-state index in [1.165, 1.54) is 57.4 Å². The molecule has 0 amide bonds. The number of hydrogen-bond acceptors (Lipinski definition) is 0. The molecule has 3 aromatic rings. The average molecular weight is 507 g/mol. The summed E-state index contributed by atoms with van der Waals surface area (Å²) < 4.78 is 82.1. The largest absolute Gasteiger partial charge is 0.422 e. The van der Waals surface area contributed by atoms with Gasteiger partial charge in [-0.05, 0) is 66.2 Å². The molecular formula is C30H32F6. The Morgan fingerprint density at radius 3 is 2.08 bits per heavy atom. The molecule has 4 rings (SSSR count). The molecule has 1 saturated carbocycles. The Labute approximate surface area is 208 Å². The first-order chi connectivity index (χ1) is 17.2. The lowest BCUT2D eigenvalue weighted by atomic mass is 9.76. The van der Waals surface area contributed by atoms with Gasteiger partial charge in [-0.3, -0.25) is 0 Å². The maximum absolute atomic E-state index is 15.3. The van der Waals surface area contributed by atoms with Crippen molar-refractivity contribution in [3.05, 3.63) is 71.0 Å². The Morgan fingerprint density at radius 1 is 0.778 bits per heavy atom. The van der Waals surface area contributed by atoms with E-state index in [0.29, 0.717) is 23.4 Å². The summed E-state index contributed by atoms with van der Waals surface area (Å²) in [6, 6.07) is 9.63. The van der Waals surface area contributed by atoms with Crippen LogP contribution in [0.3, 0.4) is 0 Å². The van der Waals surface area contributed by atoms with Crippen molar-refractivity contribution < 1.29 is 26.3 Å². The van der Waals surface area contributed by atoms with Crippen LogP contribution < -0.4 is 0 Å². The van der Waals surface area contributed by atoms with Gasteiger partial charge in [0.1, 0.15) is 23.0 Å². The van der Waals surface area contributed by atoms with Gasteiger partial charge in [0, 0.05) is 10.9 Å². The van der Waals surface area contributed by atoms with Crippen molar-refractivity contribution in [2.24, 2.45) is 5.92 Å². The van der Waals surface area contributed by atoms with E-state index in [2.05, 4.69) is 6.92 Å². The molecule has 0 aromatic heterocycles. The topological polar surface area (TPSA) is 0 Å². The van der Waals surface area contributed by atoms with Crippen LogP contribution in [0, 0.1) is 23.4 Å². The van der Waals surface area contributed by atoms with E-state index in [1.807, 2.05) is 12.1 Å². The summed E-state index contributed by atoms with van der Waals surface area (Å²) in [5, 5.41) is 0.942. The second-order valence-electron chi connectivity index (χ2n) is 10.1. The summed E-state index contributed by atoms with van der Waals surface area (Å²) in [6.07, 6.45) is 7.27. The van der Waals surface area contributed by atoms with Gasteiger partial charge >= 0.3 is 6.18 Å². The fourth-order valence-corrected chi connectivity index (χ4v) is 5.61. The minimum absolute atomic E-state index is 0.138. The summed E-state index contributed by atoms with van der Waals surface area (Å²) in [7, 11) is 0. The van der Waals surface area contributed by atoms with Crippen LogP contribution in [0.5, 0.6) is 0 Å². The van der Waals surface area contributed by atoms with Gasteiger partial charge < -0.3 is 0 Å². The zero-order valence-electron chi connectivity index (χ0n) is 20.5. The highest BCUT2D eigenvalue weighted by Crippen LogP contribution is 2.40. The number of alkyl halides is 3. The first kappa shape index (κ1) is 26.6. The average Bonchev–Trinajstić information content (AvgIpc) is 2.83. The van der Waals surface area contributed by atoms with Crippen LogP contribution in [0.25, 0.3) is 21.9 Å². The molecule has 0 aliphatic heterocycles. The number of unbranched alkanes of at least 4 members (excludes halogenated alkanes) is 4. The van der Waals surface area contributed by atoms with E-state index in [4.69, 9.17) is 0 Å². The molecule has 0 unspecified atom stereocenters. The van der Waals surface area contributed by atoms with Crippen LogP contribution in [0.1, 0.15) is 88.2 Å². The van der Waals surface area contributed by atoms with Gasteiger partial charge in [-0.1, -0.05) is 75.8 Å². The van der Waals surface area contributed by atoms with E-state index >= 15 is 4.39 Å². The van der Waals surface area contributed by atoms with Gasteiger partial charge in [0.25, 0.3) is 0 Å². The predicted octanol–water partition coefficient (Wildman–Crippen LogP) is 10.6. The third-order valence-corrected chi connectivity index (χ3v) is 7.65. The van der Waals surface area contributed by atoms with E-state index in [1.54, 1.807) is 12.1 Å². The van der Waals surface area contributed by atoms with E-state index in [9.17, 15) is 22.0 Å². The minimum Gasteiger partial charge on any atom is -0.206 e. The zero-order valence-corrected chi connectivity index (χ0v) is 20.5. The van der Waals surface area contributed by atoms with Gasteiger partial charge in [0.2, 0.25) is 0 Å². The van der Waals surface area contributed by atoms with Crippen LogP contribution in [0.2, 0.25) is 0 Å². The third kappa shape index (κ3) is 5.90. The molecule has 0 saturated heterocycles. The number of fused-ring (bicyclic) bond motifs is 1. The summed E-state index contributed by atoms with van der Waals surface area (Å²) in [6.45, 7) is 2.23. The molecule has 194 valence electrons. The highest BCUT2D eigenvalue weighted by atomic mass is 19.4. The van der Waals surface area contributed by atoms with Crippen molar-refractivity contribution in [3.63, 3.8) is 0 Å². The first-order valence-electron chi connectivity index (χ1n) is 13.0. The Morgan fingerprint density at radius 2 is 1.44 bits per heavy atom. The highest BCUT2D eigenvalue weighted by Gasteiger charge is 2.38. The molecule has 0 radical (unpaired) electrons. The van der Waals surface area contributed by atoms with Gasteiger partial charge in [0.05, 0.1) is 0 Å². The lowest BCUT2D eigenvalue weighted by Gasteiger charge is -2.29. The van der Waals surface area contributed by atoms with Gasteiger partial charge in [-0.25, -0.2) is 13.2 Å². The molecule has 0 bridgehead atoms. The Kier molecular flexibility index (Phi) is 8.31. The van der Waals surface area contributed by atoms with Crippen molar-refractivity contribution in [3.8, 4) is 11.1 Å². The number of hydrogen-bond donors (Lipinski definition) is 0. The number of halogens is 6. The zero-order chi connectivity index (χ0) is 25.9. The summed E-state index contributed by atoms with van der Waals surface area (Å²) in [5.41, 5.74) is -1.22. The molecule has 3 aromatic carbocycles. The van der Waals surface area contributed by atoms with E-state index in [-0.39, 0.29) is 16.5 Å². The second kappa shape index (κ2) is 11.3. The van der Waals surface area contributed by atoms with E-state index in [0.717, 1.165) is 24.3 Å². The van der Waals surface area contributed by atoms with Crippen molar-refractivity contribution >= 4 is 10.8 Å². The molecule has 0 N–H and O–H groups in total. The predicted molar refractivity (Wildman–Crippen MR) is 132 cm³/mol. The normalized spacial score (nSPS) is 18.6. The van der Waals surface area contributed by atoms with Crippen molar-refractivity contribution in [2.45, 2.75) is 83.2 Å². The fraction of sp³-hybridized carbons (Fsp3) is 0.467. The molecule has 1 fully saturated rings. The Hall–Kier alpha value is -2.50. The smallest absolute Gasteiger partial charge is 0.206 e. The monoisotopic (exact) mass is 506 g/mol. The highest BCUT2D eigenvalue weighted by molar-refractivity contribution is 5.89. The van der Waals surface area contributed by atoms with Gasteiger partial charge in [0.15, 0.2) is 0 Å². The molecule has 1 aliphatic rings. The van der Waals surface area contributed by atoms with Gasteiger partial charge in [-0.15, -0.1) is 0 Å². The molecular weight excluding hydrogens is 474 g/mol. The van der Waals surface area contributed by atoms with Crippen LogP contribution in [-0.2, 0) is 6.18 Å². The Balaban J connectivity index is 1.48. The SMILES string of the molecule is CCCCCCC[C@H]1CC[C@H](c2ccc3c(F)c(-c4cc(F)c(C(F)(F)F)c(F)c4)ccc3c2)CC1. The standard InChI is InChI=1S/C30H32F6/c1-2-3-4-5-6-7-19-8-10-20(11-9-19)21-12-14-24-22(16-21)13-15-25(29(24)33)23-17-26(31)28(27(32)18-23)30(34,35)36/h12-20H,2-11H2,1H3/t19-,20-. The quantitative estimate of drug-likeness (QED) is 0.211. The van der Waals surface area contributed by atoms with Crippen molar-refractivity contribution in [2.75, 3.05) is 0 Å².